The number of para-hydroxylation sites is 2. The number of aryl methyl sites for hydroxylation is 14. The zero-order valence-electron chi connectivity index (χ0n) is 78.0. The summed E-state index contributed by atoms with van der Waals surface area (Å²) in [6.07, 6.45) is 15.4. The third-order valence-electron chi connectivity index (χ3n) is 29.4. The van der Waals surface area contributed by atoms with Crippen LogP contribution in [-0.4, -0.2) is 17.6 Å². The first-order valence-electron chi connectivity index (χ1n) is 46.9. The summed E-state index contributed by atoms with van der Waals surface area (Å²) in [5.74, 6) is 0. The molecule has 0 N–H and O–H groups in total. The highest BCUT2D eigenvalue weighted by atomic mass is 15.2. The molecule has 0 saturated heterocycles. The molecule has 9 heterocycles. The van der Waals surface area contributed by atoms with Gasteiger partial charge in [-0.25, -0.2) is 18.3 Å². The lowest BCUT2D eigenvalue weighted by Gasteiger charge is -2.51. The third kappa shape index (κ3) is 11.8. The van der Waals surface area contributed by atoms with E-state index in [-0.39, 0.29) is 10.8 Å². The maximum Gasteiger partial charge on any atom is 0.295 e. The minimum absolute atomic E-state index is 0.0616. The van der Waals surface area contributed by atoms with Crippen LogP contribution in [0.15, 0.2) is 316 Å². The third-order valence-corrected chi connectivity index (χ3v) is 29.4. The van der Waals surface area contributed by atoms with E-state index in [9.17, 15) is 0 Å². The van der Waals surface area contributed by atoms with Crippen LogP contribution in [0.1, 0.15) is 116 Å². The van der Waals surface area contributed by atoms with E-state index in [1.54, 1.807) is 0 Å². The summed E-state index contributed by atoms with van der Waals surface area (Å²) < 4.78 is 44.9. The van der Waals surface area contributed by atoms with Gasteiger partial charge in [0.2, 0.25) is 0 Å². The van der Waals surface area contributed by atoms with E-state index in [0.717, 1.165) is 16.3 Å². The summed E-state index contributed by atoms with van der Waals surface area (Å²) >= 11 is 0. The highest BCUT2D eigenvalue weighted by Gasteiger charge is 2.65. The van der Waals surface area contributed by atoms with E-state index >= 15 is 0 Å². The van der Waals surface area contributed by atoms with E-state index in [2.05, 4.69) is 436 Å². The van der Waals surface area contributed by atoms with Crippen molar-refractivity contribution in [3.8, 4) is 67.3 Å². The lowest BCUT2D eigenvalue weighted by atomic mass is 9.52. The van der Waals surface area contributed by atoms with Crippen LogP contribution in [0, 0.1) is 69.2 Å². The molecule has 0 radical (unpaired) electrons. The molecule has 2 fully saturated rings. The fourth-order valence-electron chi connectivity index (χ4n) is 24.1. The number of imidazole rings is 4. The van der Waals surface area contributed by atoms with Crippen LogP contribution in [0.25, 0.3) is 177 Å². The van der Waals surface area contributed by atoms with Crippen molar-refractivity contribution >= 4 is 109 Å². The van der Waals surface area contributed by atoms with Gasteiger partial charge >= 0.3 is 0 Å². The largest absolute Gasteiger partial charge is 0.295 e. The van der Waals surface area contributed by atoms with Gasteiger partial charge in [0.15, 0.2) is 28.5 Å². The predicted molar refractivity (Wildman–Crippen MR) is 530 cm³/mol. The van der Waals surface area contributed by atoms with E-state index < -0.39 is 6.85 Å². The van der Waals surface area contributed by atoms with Gasteiger partial charge in [-0.15, -0.1) is 0 Å². The van der Waals surface area contributed by atoms with Crippen molar-refractivity contribution in [1.82, 2.24) is 17.6 Å². The molecule has 2 atom stereocenters. The monoisotopic (exact) mass is 1650 g/mol. The number of pyridine rings is 4. The Labute approximate surface area is 747 Å². The maximum atomic E-state index is 8.56. The SMILES string of the molecule is Cc1ccc2c(c1)c1cccc(C)c1c1n2c(-c2c(C)cccc2C)c[n+]1C.Cc1cccc(C)c1-c1c[n+](C)c2c3c(C)cccc3c3ccccc3n12.Cc1cccc2c3ccccc3n3c(-c4c(-c5ccccc5)cccc4-c4ccccc4)c[n+](C)c3c12.[2H]C([2H])([2H])c1ccc2c3c1c1cccc(C)c1c1n3c(c(-c3ccccc3)[n+]1C)C13CCCCC21CCC3. The first kappa shape index (κ1) is 75.4. The number of nitrogens with zero attached hydrogens (tertiary/aromatic N) is 8. The fraction of sp³-hybridized carbons (Fsp3) is 0.193. The summed E-state index contributed by atoms with van der Waals surface area (Å²) in [4.78, 5) is 0. The van der Waals surface area contributed by atoms with Gasteiger partial charge in [0.1, 0.15) is 40.7 Å². The van der Waals surface area contributed by atoms with Crippen molar-refractivity contribution in [2.45, 2.75) is 125 Å². The molecule has 0 amide bonds. The molecule has 0 spiro atoms. The van der Waals surface area contributed by atoms with E-state index in [1.807, 2.05) is 6.07 Å². The molecular weight excluding hydrogens is 1540 g/mol. The number of hydrogen-bond acceptors (Lipinski definition) is 0. The van der Waals surface area contributed by atoms with Gasteiger partial charge in [0, 0.05) is 85.8 Å². The number of fused-ring (bicyclic) bond motifs is 21. The number of hydrogen-bond donors (Lipinski definition) is 0. The Morgan fingerprint density at radius 2 is 0.654 bits per heavy atom. The van der Waals surface area contributed by atoms with Gasteiger partial charge in [0.05, 0.1) is 49.7 Å². The van der Waals surface area contributed by atoms with E-state index in [1.165, 1.54) is 267 Å². The zero-order chi connectivity index (χ0) is 89.2. The Morgan fingerprint density at radius 1 is 0.283 bits per heavy atom. The van der Waals surface area contributed by atoms with Crippen molar-refractivity contribution < 1.29 is 22.4 Å². The molecule has 22 aromatic rings. The average molecular weight is 1650 g/mol. The van der Waals surface area contributed by atoms with Crippen LogP contribution in [0.5, 0.6) is 0 Å². The Balaban J connectivity index is 0.000000103. The van der Waals surface area contributed by atoms with Crippen LogP contribution in [0.3, 0.4) is 0 Å². The standard InChI is InChI=1S/C35H27N2.C33H33N2.C26H25N2.C25H23N2/c1-24-13-11-21-30-29-18-9-10-22-31(29)37-32(23-36(2)35(37)33(24)30)34-27(25-14-5-3-6-15-25)19-12-20-28(34)26-16-7-4-8-17-26;1-21-11-9-14-24-26-22(2)15-16-25-29(26)35-30(33-18-8-7-17-32(25,33)19-10-20-33)28(23-12-5-4-6-13-23)34(3)31(35)27(21)24;1-16-12-13-22-21(14-16)20-11-7-10-19(4)25(20)26-27(5)15-23(28(22)26)24-17(2)8-6-9-18(24)3;1-16-9-7-10-17(2)23(16)22-15-26(4)25-24-18(3)11-8-13-20(24)19-12-5-6-14-21(19)27(22)25/h3-23H,1-2H3;4-6,9,11-16H,7-8,10,17-20H2,1-3H3;6-15H,1-5H3;5-15H,1-4H3/q4*+1/i;2D3;;. The summed E-state index contributed by atoms with van der Waals surface area (Å²) in [6, 6.07) is 107. The molecule has 3 aliphatic rings. The second kappa shape index (κ2) is 30.4. The van der Waals surface area contributed by atoms with E-state index in [4.69, 9.17) is 4.11 Å². The number of rotatable bonds is 6. The summed E-state index contributed by atoms with van der Waals surface area (Å²) in [5, 5.41) is 15.0. The van der Waals surface area contributed by atoms with Gasteiger partial charge in [-0.2, -0.15) is 17.6 Å². The lowest BCUT2D eigenvalue weighted by molar-refractivity contribution is -0.643. The quantitative estimate of drug-likeness (QED) is 0.117. The summed E-state index contributed by atoms with van der Waals surface area (Å²) in [6.45, 7) is 17.6. The van der Waals surface area contributed by atoms with Crippen LogP contribution in [0.4, 0.5) is 0 Å². The predicted octanol–water partition coefficient (Wildman–Crippen LogP) is 27.6. The van der Waals surface area contributed by atoms with Gasteiger partial charge in [-0.1, -0.05) is 298 Å². The van der Waals surface area contributed by atoms with Crippen molar-refractivity contribution in [2.24, 2.45) is 28.2 Å². The molecule has 127 heavy (non-hydrogen) atoms. The number of aromatic nitrogens is 8. The zero-order valence-corrected chi connectivity index (χ0v) is 75.0. The van der Waals surface area contributed by atoms with Crippen LogP contribution in [0.2, 0.25) is 0 Å². The molecule has 25 rings (SSSR count). The first-order chi connectivity index (χ1) is 63.1. The molecule has 2 saturated carbocycles. The fourth-order valence-corrected chi connectivity index (χ4v) is 24.1. The second-order valence-corrected chi connectivity index (χ2v) is 36.8. The van der Waals surface area contributed by atoms with Crippen molar-refractivity contribution in [3.63, 3.8) is 0 Å². The molecule has 8 nitrogen and oxygen atoms in total. The van der Waals surface area contributed by atoms with Crippen molar-refractivity contribution in [3.05, 3.63) is 383 Å². The Kier molecular flexibility index (Phi) is 18.0. The molecule has 620 valence electrons. The normalized spacial score (nSPS) is 15.8. The van der Waals surface area contributed by atoms with Crippen LogP contribution >= 0.6 is 0 Å². The van der Waals surface area contributed by atoms with Gasteiger partial charge in [-0.05, 0) is 191 Å². The molecule has 8 heteroatoms. The van der Waals surface area contributed by atoms with Crippen LogP contribution in [-0.2, 0) is 39.0 Å². The summed E-state index contributed by atoms with van der Waals surface area (Å²) in [7, 11) is 8.73. The molecule has 14 aromatic carbocycles. The minimum Gasteiger partial charge on any atom is -0.232 e. The molecule has 0 bridgehead atoms. The first-order valence-corrected chi connectivity index (χ1v) is 45.4. The highest BCUT2D eigenvalue weighted by Crippen LogP contribution is 2.67. The Morgan fingerprint density at radius 3 is 1.13 bits per heavy atom. The smallest absolute Gasteiger partial charge is 0.232 e. The van der Waals surface area contributed by atoms with Crippen molar-refractivity contribution in [2.75, 3.05) is 0 Å². The molecular formula is C119H108N8+4. The minimum atomic E-state index is -2.19. The van der Waals surface area contributed by atoms with Crippen LogP contribution < -0.4 is 18.3 Å². The highest BCUT2D eigenvalue weighted by molar-refractivity contribution is 6.18. The second-order valence-electron chi connectivity index (χ2n) is 36.8. The van der Waals surface area contributed by atoms with Crippen molar-refractivity contribution in [1.29, 1.82) is 0 Å². The Hall–Kier alpha value is -14.1. The topological polar surface area (TPSA) is 33.2 Å². The number of benzene rings is 14. The van der Waals surface area contributed by atoms with E-state index in [0.29, 0.717) is 5.56 Å². The molecule has 1 aliphatic heterocycles. The van der Waals surface area contributed by atoms with Gasteiger partial charge in [0.25, 0.3) is 22.6 Å². The molecule has 2 aliphatic carbocycles. The lowest BCUT2D eigenvalue weighted by Crippen LogP contribution is -2.50. The molecule has 8 aromatic heterocycles. The average Bonchev–Trinajstić information content (AvgIpc) is 1.45. The summed E-state index contributed by atoms with van der Waals surface area (Å²) in [5.41, 5.74) is 39.9. The van der Waals surface area contributed by atoms with Gasteiger partial charge < -0.3 is 0 Å². The Bertz CT molecular complexity index is 8380. The molecule has 2 unspecified atom stereocenters. The van der Waals surface area contributed by atoms with Gasteiger partial charge in [-0.3, -0.25) is 0 Å². The maximum absolute atomic E-state index is 8.56.